The molecule has 1 nitrogen and oxygen atoms in total. The summed E-state index contributed by atoms with van der Waals surface area (Å²) in [5.74, 6) is 0.695. The van der Waals surface area contributed by atoms with E-state index >= 15 is 0 Å². The molecule has 0 spiro atoms. The van der Waals surface area contributed by atoms with Crippen molar-refractivity contribution in [2.24, 2.45) is 0 Å². The molecule has 0 amide bonds. The maximum absolute atomic E-state index is 13.5. The van der Waals surface area contributed by atoms with Crippen LogP contribution in [0.15, 0.2) is 46.9 Å². The molecule has 0 unspecified atom stereocenters. The number of rotatable bonds is 4. The molecule has 0 aliphatic carbocycles. The highest BCUT2D eigenvalue weighted by molar-refractivity contribution is 9.10. The van der Waals surface area contributed by atoms with Gasteiger partial charge in [0.15, 0.2) is 0 Å². The number of benzene rings is 2. The van der Waals surface area contributed by atoms with Gasteiger partial charge in [0.2, 0.25) is 0 Å². The zero-order valence-electron chi connectivity index (χ0n) is 10.1. The van der Waals surface area contributed by atoms with E-state index in [4.69, 9.17) is 4.74 Å². The molecule has 2 rings (SSSR count). The van der Waals surface area contributed by atoms with Crippen molar-refractivity contribution < 1.29 is 9.13 Å². The quantitative estimate of drug-likeness (QED) is 0.814. The minimum atomic E-state index is -0.147. The molecule has 2 aromatic rings. The van der Waals surface area contributed by atoms with Gasteiger partial charge in [-0.05, 0) is 48.2 Å². The molecular weight excluding hydrogens is 295 g/mol. The summed E-state index contributed by atoms with van der Waals surface area (Å²) in [6, 6.07) is 12.7. The van der Waals surface area contributed by atoms with Crippen LogP contribution >= 0.6 is 15.9 Å². The Bertz CT molecular complexity index is 540. The summed E-state index contributed by atoms with van der Waals surface area (Å²) in [4.78, 5) is 0. The van der Waals surface area contributed by atoms with E-state index in [2.05, 4.69) is 15.9 Å². The topological polar surface area (TPSA) is 9.23 Å². The van der Waals surface area contributed by atoms with E-state index in [1.165, 1.54) is 6.07 Å². The van der Waals surface area contributed by atoms with Crippen LogP contribution in [0, 0.1) is 5.82 Å². The second-order valence-corrected chi connectivity index (χ2v) is 4.96. The van der Waals surface area contributed by atoms with Gasteiger partial charge in [0, 0.05) is 4.47 Å². The van der Waals surface area contributed by atoms with Crippen molar-refractivity contribution in [3.8, 4) is 5.75 Å². The monoisotopic (exact) mass is 308 g/mol. The molecule has 3 heteroatoms. The second kappa shape index (κ2) is 6.01. The second-order valence-electron chi connectivity index (χ2n) is 4.05. The van der Waals surface area contributed by atoms with Gasteiger partial charge in [-0.2, -0.15) is 0 Å². The summed E-state index contributed by atoms with van der Waals surface area (Å²) in [7, 11) is 1.65. The van der Waals surface area contributed by atoms with E-state index in [0.717, 1.165) is 27.8 Å². The van der Waals surface area contributed by atoms with Crippen LogP contribution in [-0.2, 0) is 12.8 Å². The minimum Gasteiger partial charge on any atom is -0.496 e. The van der Waals surface area contributed by atoms with Gasteiger partial charge in [-0.25, -0.2) is 4.39 Å². The summed E-state index contributed by atoms with van der Waals surface area (Å²) in [6.45, 7) is 0. The van der Waals surface area contributed by atoms with Crippen LogP contribution in [0.3, 0.4) is 0 Å². The van der Waals surface area contributed by atoms with Crippen LogP contribution in [0.25, 0.3) is 0 Å². The Morgan fingerprint density at radius 3 is 2.50 bits per heavy atom. The van der Waals surface area contributed by atoms with Crippen molar-refractivity contribution in [3.05, 3.63) is 63.9 Å². The zero-order chi connectivity index (χ0) is 13.0. The number of hydrogen-bond acceptors (Lipinski definition) is 1. The normalized spacial score (nSPS) is 10.4. The van der Waals surface area contributed by atoms with Gasteiger partial charge in [0.05, 0.1) is 7.11 Å². The van der Waals surface area contributed by atoms with Crippen molar-refractivity contribution in [1.82, 2.24) is 0 Å². The first-order valence-electron chi connectivity index (χ1n) is 5.76. The molecule has 18 heavy (non-hydrogen) atoms. The van der Waals surface area contributed by atoms with Crippen molar-refractivity contribution in [3.63, 3.8) is 0 Å². The van der Waals surface area contributed by atoms with E-state index in [9.17, 15) is 4.39 Å². The first kappa shape index (κ1) is 13.1. The fourth-order valence-corrected chi connectivity index (χ4v) is 2.32. The molecule has 0 saturated heterocycles. The first-order valence-corrected chi connectivity index (χ1v) is 6.56. The molecule has 0 N–H and O–H groups in total. The number of hydrogen-bond donors (Lipinski definition) is 0. The highest BCUT2D eigenvalue weighted by Crippen LogP contribution is 2.24. The Balaban J connectivity index is 2.15. The third-order valence-corrected chi connectivity index (χ3v) is 3.36. The predicted octanol–water partition coefficient (Wildman–Crippen LogP) is 4.38. The third-order valence-electron chi connectivity index (χ3n) is 2.86. The van der Waals surface area contributed by atoms with Gasteiger partial charge < -0.3 is 4.74 Å². The third kappa shape index (κ3) is 3.10. The molecule has 0 bridgehead atoms. The largest absolute Gasteiger partial charge is 0.496 e. The Hall–Kier alpha value is -1.35. The number of methoxy groups -OCH3 is 1. The fourth-order valence-electron chi connectivity index (χ4n) is 1.91. The summed E-state index contributed by atoms with van der Waals surface area (Å²) in [5.41, 5.74) is 1.81. The lowest BCUT2D eigenvalue weighted by Gasteiger charge is -2.09. The lowest BCUT2D eigenvalue weighted by molar-refractivity contribution is 0.409. The Labute approximate surface area is 115 Å². The van der Waals surface area contributed by atoms with Gasteiger partial charge in [0.1, 0.15) is 11.6 Å². The van der Waals surface area contributed by atoms with Gasteiger partial charge in [-0.15, -0.1) is 0 Å². The maximum Gasteiger partial charge on any atom is 0.126 e. The summed E-state index contributed by atoms with van der Waals surface area (Å²) in [6.07, 6.45) is 1.42. The van der Waals surface area contributed by atoms with Crippen LogP contribution in [0.1, 0.15) is 11.1 Å². The number of aryl methyl sites for hydroxylation is 2. The lowest BCUT2D eigenvalue weighted by Crippen LogP contribution is -1.97. The van der Waals surface area contributed by atoms with Gasteiger partial charge >= 0.3 is 0 Å². The van der Waals surface area contributed by atoms with Crippen molar-refractivity contribution >= 4 is 15.9 Å². The maximum atomic E-state index is 13.5. The van der Waals surface area contributed by atoms with E-state index in [1.54, 1.807) is 13.2 Å². The number of ether oxygens (including phenoxy) is 1. The van der Waals surface area contributed by atoms with Crippen molar-refractivity contribution in [1.29, 1.82) is 0 Å². The molecule has 0 saturated carbocycles. The SMILES string of the molecule is COc1ccc(Br)cc1CCc1ccccc1F. The Kier molecular flexibility index (Phi) is 4.37. The van der Waals surface area contributed by atoms with Gasteiger partial charge in [0.25, 0.3) is 0 Å². The average molecular weight is 309 g/mol. The lowest BCUT2D eigenvalue weighted by atomic mass is 10.0. The van der Waals surface area contributed by atoms with E-state index in [1.807, 2.05) is 30.3 Å². The van der Waals surface area contributed by atoms with Gasteiger partial charge in [-0.3, -0.25) is 0 Å². The van der Waals surface area contributed by atoms with E-state index in [-0.39, 0.29) is 5.82 Å². The standard InChI is InChI=1S/C15H14BrFO/c1-18-15-9-8-13(16)10-12(15)7-6-11-4-2-3-5-14(11)17/h2-5,8-10H,6-7H2,1H3. The average Bonchev–Trinajstić information content (AvgIpc) is 2.38. The Morgan fingerprint density at radius 1 is 1.06 bits per heavy atom. The summed E-state index contributed by atoms with van der Waals surface area (Å²) in [5, 5.41) is 0. The molecule has 0 atom stereocenters. The molecule has 0 aromatic heterocycles. The molecule has 0 aliphatic heterocycles. The van der Waals surface area contributed by atoms with Crippen molar-refractivity contribution in [2.45, 2.75) is 12.8 Å². The molecule has 0 heterocycles. The molecule has 0 radical (unpaired) electrons. The molecular formula is C15H14BrFO. The van der Waals surface area contributed by atoms with E-state index < -0.39 is 0 Å². The molecule has 94 valence electrons. The van der Waals surface area contributed by atoms with Crippen molar-refractivity contribution in [2.75, 3.05) is 7.11 Å². The Morgan fingerprint density at radius 2 is 1.78 bits per heavy atom. The fraction of sp³-hybridized carbons (Fsp3) is 0.200. The first-order chi connectivity index (χ1) is 8.70. The minimum absolute atomic E-state index is 0.147. The van der Waals surface area contributed by atoms with Gasteiger partial charge in [-0.1, -0.05) is 34.1 Å². The summed E-state index contributed by atoms with van der Waals surface area (Å²) < 4.78 is 19.8. The van der Waals surface area contributed by atoms with E-state index in [0.29, 0.717) is 6.42 Å². The molecule has 0 fully saturated rings. The number of halogens is 2. The zero-order valence-corrected chi connectivity index (χ0v) is 11.7. The predicted molar refractivity (Wildman–Crippen MR) is 74.5 cm³/mol. The molecule has 0 aliphatic rings. The van der Waals surface area contributed by atoms with Crippen LogP contribution in [0.4, 0.5) is 4.39 Å². The van der Waals surface area contributed by atoms with Crippen LogP contribution < -0.4 is 4.74 Å². The molecule has 2 aromatic carbocycles. The van der Waals surface area contributed by atoms with Crippen LogP contribution in [0.5, 0.6) is 5.75 Å². The van der Waals surface area contributed by atoms with Crippen LogP contribution in [0.2, 0.25) is 0 Å². The highest BCUT2D eigenvalue weighted by Gasteiger charge is 2.06. The highest BCUT2D eigenvalue weighted by atomic mass is 79.9. The smallest absolute Gasteiger partial charge is 0.126 e. The summed E-state index contributed by atoms with van der Waals surface area (Å²) >= 11 is 3.44. The van der Waals surface area contributed by atoms with Crippen LogP contribution in [-0.4, -0.2) is 7.11 Å².